The second-order valence-electron chi connectivity index (χ2n) is 5.65. The van der Waals surface area contributed by atoms with Crippen LogP contribution in [-0.4, -0.2) is 33.4 Å². The molecule has 20 heavy (non-hydrogen) atoms. The fraction of sp³-hybridized carbons (Fsp3) is 0.625. The summed E-state index contributed by atoms with van der Waals surface area (Å²) in [5.41, 5.74) is 2.40. The lowest BCUT2D eigenvalue weighted by atomic mass is 9.99. The Kier molecular flexibility index (Phi) is 6.14. The highest BCUT2D eigenvalue weighted by Crippen LogP contribution is 2.30. The molecule has 1 aliphatic rings. The smallest absolute Gasteiger partial charge is 0.0642 e. The first kappa shape index (κ1) is 15.6. The molecule has 3 nitrogen and oxygen atoms in total. The molecule has 1 unspecified atom stereocenters. The molecule has 0 aliphatic carbocycles. The van der Waals surface area contributed by atoms with Crippen LogP contribution in [0.25, 0.3) is 0 Å². The van der Waals surface area contributed by atoms with E-state index in [1.807, 2.05) is 0 Å². The normalized spacial score (nSPS) is 19.4. The molecule has 1 atom stereocenters. The van der Waals surface area contributed by atoms with Crippen molar-refractivity contribution in [1.29, 1.82) is 0 Å². The van der Waals surface area contributed by atoms with Crippen LogP contribution in [0.5, 0.6) is 0 Å². The third kappa shape index (κ3) is 4.37. The van der Waals surface area contributed by atoms with Gasteiger partial charge in [0.15, 0.2) is 0 Å². The van der Waals surface area contributed by atoms with Crippen molar-refractivity contribution in [2.24, 2.45) is 5.92 Å². The number of methoxy groups -OCH3 is 1. The number of rotatable bonds is 6. The molecule has 1 aromatic rings. The predicted octanol–water partition coefficient (Wildman–Crippen LogP) is 3.31. The van der Waals surface area contributed by atoms with Crippen LogP contribution >= 0.6 is 11.6 Å². The van der Waals surface area contributed by atoms with E-state index in [4.69, 9.17) is 16.3 Å². The van der Waals surface area contributed by atoms with Gasteiger partial charge >= 0.3 is 0 Å². The number of benzene rings is 1. The Bertz CT molecular complexity index is 425. The zero-order valence-corrected chi connectivity index (χ0v) is 13.2. The van der Waals surface area contributed by atoms with Gasteiger partial charge in [0.1, 0.15) is 0 Å². The number of hydrogen-bond donors (Lipinski definition) is 1. The van der Waals surface area contributed by atoms with Crippen molar-refractivity contribution in [2.45, 2.75) is 26.3 Å². The molecule has 1 aliphatic heterocycles. The molecular weight excluding hydrogens is 272 g/mol. The standard InChI is InChI=1S/C16H25ClN2O/c1-13-4-3-8-19(12-13)16-6-5-14(10-15(16)17)11-18-7-9-20-2/h5-6,10,13,18H,3-4,7-9,11-12H2,1-2H3. The first-order chi connectivity index (χ1) is 9.70. The topological polar surface area (TPSA) is 24.5 Å². The molecule has 1 saturated heterocycles. The van der Waals surface area contributed by atoms with Gasteiger partial charge in [-0.3, -0.25) is 0 Å². The summed E-state index contributed by atoms with van der Waals surface area (Å²) < 4.78 is 5.02. The summed E-state index contributed by atoms with van der Waals surface area (Å²) >= 11 is 6.46. The number of nitrogens with zero attached hydrogens (tertiary/aromatic N) is 1. The Morgan fingerprint density at radius 1 is 1.45 bits per heavy atom. The van der Waals surface area contributed by atoms with Crippen molar-refractivity contribution >= 4 is 17.3 Å². The summed E-state index contributed by atoms with van der Waals surface area (Å²) in [5.74, 6) is 0.759. The highest BCUT2D eigenvalue weighted by atomic mass is 35.5. The van der Waals surface area contributed by atoms with E-state index in [0.29, 0.717) is 0 Å². The maximum Gasteiger partial charge on any atom is 0.0642 e. The predicted molar refractivity (Wildman–Crippen MR) is 85.6 cm³/mol. The number of halogens is 1. The molecule has 0 spiro atoms. The Morgan fingerprint density at radius 3 is 3.00 bits per heavy atom. The molecule has 112 valence electrons. The molecule has 0 amide bonds. The van der Waals surface area contributed by atoms with Crippen molar-refractivity contribution in [1.82, 2.24) is 5.32 Å². The second-order valence-corrected chi connectivity index (χ2v) is 6.06. The Morgan fingerprint density at radius 2 is 2.30 bits per heavy atom. The molecule has 0 aromatic heterocycles. The van der Waals surface area contributed by atoms with Gasteiger partial charge in [0.25, 0.3) is 0 Å². The zero-order valence-electron chi connectivity index (χ0n) is 12.5. The quantitative estimate of drug-likeness (QED) is 0.815. The van der Waals surface area contributed by atoms with Gasteiger partial charge < -0.3 is 15.0 Å². The van der Waals surface area contributed by atoms with E-state index < -0.39 is 0 Å². The minimum atomic E-state index is 0.734. The van der Waals surface area contributed by atoms with Crippen LogP contribution in [0.1, 0.15) is 25.3 Å². The largest absolute Gasteiger partial charge is 0.383 e. The van der Waals surface area contributed by atoms with Crippen LogP contribution in [0.4, 0.5) is 5.69 Å². The van der Waals surface area contributed by atoms with Crippen LogP contribution in [0.2, 0.25) is 5.02 Å². The molecular formula is C16H25ClN2O. The van der Waals surface area contributed by atoms with E-state index >= 15 is 0 Å². The maximum absolute atomic E-state index is 6.46. The molecule has 1 aromatic carbocycles. The van der Waals surface area contributed by atoms with Crippen LogP contribution in [0, 0.1) is 5.92 Å². The molecule has 1 fully saturated rings. The van der Waals surface area contributed by atoms with Gasteiger partial charge in [-0.2, -0.15) is 0 Å². The van der Waals surface area contributed by atoms with Crippen LogP contribution in [0.15, 0.2) is 18.2 Å². The number of ether oxygens (including phenoxy) is 1. The monoisotopic (exact) mass is 296 g/mol. The van der Waals surface area contributed by atoms with E-state index in [1.165, 1.54) is 24.1 Å². The fourth-order valence-electron chi connectivity index (χ4n) is 2.73. The van der Waals surface area contributed by atoms with Gasteiger partial charge in [-0.25, -0.2) is 0 Å². The first-order valence-corrected chi connectivity index (χ1v) is 7.81. The SMILES string of the molecule is COCCNCc1ccc(N2CCCC(C)C2)c(Cl)c1. The number of anilines is 1. The molecule has 0 bridgehead atoms. The van der Waals surface area contributed by atoms with E-state index in [0.717, 1.165) is 43.7 Å². The molecule has 0 radical (unpaired) electrons. The van der Waals surface area contributed by atoms with Crippen LogP contribution in [0.3, 0.4) is 0 Å². The third-order valence-corrected chi connectivity index (χ3v) is 4.12. The highest BCUT2D eigenvalue weighted by molar-refractivity contribution is 6.33. The van der Waals surface area contributed by atoms with Crippen molar-refractivity contribution in [2.75, 3.05) is 38.3 Å². The average molecular weight is 297 g/mol. The highest BCUT2D eigenvalue weighted by Gasteiger charge is 2.18. The van der Waals surface area contributed by atoms with Crippen molar-refractivity contribution in [3.8, 4) is 0 Å². The first-order valence-electron chi connectivity index (χ1n) is 7.43. The molecule has 1 N–H and O–H groups in total. The summed E-state index contributed by atoms with van der Waals surface area (Å²) in [6.07, 6.45) is 2.59. The lowest BCUT2D eigenvalue weighted by Crippen LogP contribution is -2.34. The van der Waals surface area contributed by atoms with Gasteiger partial charge in [0.2, 0.25) is 0 Å². The Labute approximate surface area is 127 Å². The minimum Gasteiger partial charge on any atom is -0.383 e. The van der Waals surface area contributed by atoms with E-state index in [-0.39, 0.29) is 0 Å². The Hall–Kier alpha value is -0.770. The minimum absolute atomic E-state index is 0.734. The second kappa shape index (κ2) is 7.87. The third-order valence-electron chi connectivity index (χ3n) is 3.82. The van der Waals surface area contributed by atoms with Crippen LogP contribution < -0.4 is 10.2 Å². The number of nitrogens with one attached hydrogen (secondary N) is 1. The van der Waals surface area contributed by atoms with E-state index in [9.17, 15) is 0 Å². The summed E-state index contributed by atoms with van der Waals surface area (Å²) in [7, 11) is 1.72. The summed E-state index contributed by atoms with van der Waals surface area (Å²) in [6.45, 7) is 6.98. The van der Waals surface area contributed by atoms with Gasteiger partial charge in [-0.1, -0.05) is 24.6 Å². The van der Waals surface area contributed by atoms with Crippen molar-refractivity contribution in [3.05, 3.63) is 28.8 Å². The Balaban J connectivity index is 1.95. The maximum atomic E-state index is 6.46. The molecule has 2 rings (SSSR count). The zero-order chi connectivity index (χ0) is 14.4. The number of piperidine rings is 1. The van der Waals surface area contributed by atoms with E-state index in [1.54, 1.807) is 7.11 Å². The van der Waals surface area contributed by atoms with Gasteiger partial charge in [0, 0.05) is 33.3 Å². The molecule has 1 heterocycles. The van der Waals surface area contributed by atoms with Gasteiger partial charge in [0.05, 0.1) is 17.3 Å². The molecule has 0 saturated carbocycles. The lowest BCUT2D eigenvalue weighted by Gasteiger charge is -2.33. The van der Waals surface area contributed by atoms with E-state index in [2.05, 4.69) is 35.3 Å². The number of hydrogen-bond acceptors (Lipinski definition) is 3. The van der Waals surface area contributed by atoms with Crippen molar-refractivity contribution in [3.63, 3.8) is 0 Å². The summed E-state index contributed by atoms with van der Waals surface area (Å²) in [4.78, 5) is 2.42. The van der Waals surface area contributed by atoms with Gasteiger partial charge in [-0.05, 0) is 36.5 Å². The molecule has 4 heteroatoms. The average Bonchev–Trinajstić information content (AvgIpc) is 2.44. The van der Waals surface area contributed by atoms with Gasteiger partial charge in [-0.15, -0.1) is 0 Å². The summed E-state index contributed by atoms with van der Waals surface area (Å²) in [6, 6.07) is 6.41. The van der Waals surface area contributed by atoms with Crippen molar-refractivity contribution < 1.29 is 4.74 Å². The van der Waals surface area contributed by atoms with Crippen LogP contribution in [-0.2, 0) is 11.3 Å². The lowest BCUT2D eigenvalue weighted by molar-refractivity contribution is 0.199. The summed E-state index contributed by atoms with van der Waals surface area (Å²) in [5, 5.41) is 4.20. The fourth-order valence-corrected chi connectivity index (χ4v) is 3.05.